The van der Waals surface area contributed by atoms with Crippen molar-refractivity contribution in [3.63, 3.8) is 0 Å². The topological polar surface area (TPSA) is 46.2 Å². The molecule has 16 heavy (non-hydrogen) atoms. The molecule has 1 aliphatic rings. The van der Waals surface area contributed by atoms with Gasteiger partial charge in [0.15, 0.2) is 0 Å². The molecule has 1 aromatic rings. The van der Waals surface area contributed by atoms with Crippen molar-refractivity contribution >= 4 is 21.8 Å². The number of thioether (sulfide) groups is 1. The molecule has 2 rings (SSSR count). The fourth-order valence-corrected chi connectivity index (χ4v) is 3.33. The zero-order valence-electron chi connectivity index (χ0n) is 9.14. The molecular weight excluding hydrogens is 242 g/mol. The number of benzene rings is 1. The molecule has 0 aromatic heterocycles. The lowest BCUT2D eigenvalue weighted by molar-refractivity contribution is 0.586. The van der Waals surface area contributed by atoms with Gasteiger partial charge >= 0.3 is 0 Å². The highest BCUT2D eigenvalue weighted by molar-refractivity contribution is 8.01. The highest BCUT2D eigenvalue weighted by Gasteiger charge is 2.43. The van der Waals surface area contributed by atoms with Crippen LogP contribution in [0.25, 0.3) is 0 Å². The smallest absolute Gasteiger partial charge is 0.208 e. The number of hydrogen-bond donors (Lipinski definition) is 1. The predicted molar refractivity (Wildman–Crippen MR) is 67.1 cm³/mol. The third-order valence-electron chi connectivity index (χ3n) is 2.54. The summed E-state index contributed by atoms with van der Waals surface area (Å²) in [6.07, 6.45) is 3.36. The number of sulfonamides is 1. The Balaban J connectivity index is 1.95. The van der Waals surface area contributed by atoms with Crippen LogP contribution in [0.15, 0.2) is 35.2 Å². The molecule has 0 atom stereocenters. The zero-order chi connectivity index (χ0) is 11.6. The summed E-state index contributed by atoms with van der Waals surface area (Å²) in [5, 5.41) is 0. The normalized spacial score (nSPS) is 18.3. The third kappa shape index (κ3) is 3.50. The molecule has 1 aliphatic carbocycles. The van der Waals surface area contributed by atoms with Gasteiger partial charge in [0.1, 0.15) is 0 Å². The van der Waals surface area contributed by atoms with Crippen LogP contribution in [0, 0.1) is 0 Å². The second-order valence-electron chi connectivity index (χ2n) is 4.19. The summed E-state index contributed by atoms with van der Waals surface area (Å²) < 4.78 is 24.8. The molecule has 1 aromatic carbocycles. The predicted octanol–water partition coefficient (Wildman–Crippen LogP) is 1.86. The van der Waals surface area contributed by atoms with E-state index in [-0.39, 0.29) is 4.75 Å². The minimum Gasteiger partial charge on any atom is -0.214 e. The van der Waals surface area contributed by atoms with Crippen molar-refractivity contribution in [2.75, 3.05) is 12.8 Å². The van der Waals surface area contributed by atoms with E-state index in [4.69, 9.17) is 0 Å². The van der Waals surface area contributed by atoms with Crippen molar-refractivity contribution in [1.29, 1.82) is 0 Å². The molecule has 1 N–H and O–H groups in total. The number of rotatable bonds is 5. The Bertz CT molecular complexity index is 452. The van der Waals surface area contributed by atoms with E-state index in [2.05, 4.69) is 16.9 Å². The molecule has 0 spiro atoms. The van der Waals surface area contributed by atoms with Crippen LogP contribution < -0.4 is 4.72 Å². The van der Waals surface area contributed by atoms with Gasteiger partial charge in [-0.05, 0) is 25.0 Å². The summed E-state index contributed by atoms with van der Waals surface area (Å²) in [6, 6.07) is 10.1. The van der Waals surface area contributed by atoms with E-state index >= 15 is 0 Å². The molecule has 0 heterocycles. The summed E-state index contributed by atoms with van der Waals surface area (Å²) >= 11 is 1.77. The van der Waals surface area contributed by atoms with Gasteiger partial charge in [-0.3, -0.25) is 0 Å². The highest BCUT2D eigenvalue weighted by Crippen LogP contribution is 2.51. The Hall–Kier alpha value is -0.520. The van der Waals surface area contributed by atoms with Crippen LogP contribution in [0.4, 0.5) is 0 Å². The van der Waals surface area contributed by atoms with Crippen LogP contribution in [-0.2, 0) is 10.0 Å². The summed E-state index contributed by atoms with van der Waals surface area (Å²) in [7, 11) is -3.07. The molecule has 0 radical (unpaired) electrons. The first-order valence-electron chi connectivity index (χ1n) is 5.18. The Morgan fingerprint density at radius 1 is 1.31 bits per heavy atom. The number of nitrogens with one attached hydrogen (secondary N) is 1. The van der Waals surface area contributed by atoms with Crippen LogP contribution in [0.2, 0.25) is 0 Å². The van der Waals surface area contributed by atoms with Crippen LogP contribution in [-0.4, -0.2) is 26.0 Å². The van der Waals surface area contributed by atoms with Gasteiger partial charge in [0.05, 0.1) is 6.26 Å². The molecule has 88 valence electrons. The van der Waals surface area contributed by atoms with Gasteiger partial charge in [-0.1, -0.05) is 18.2 Å². The molecule has 0 amide bonds. The molecule has 0 aliphatic heterocycles. The van der Waals surface area contributed by atoms with E-state index in [1.807, 2.05) is 18.2 Å². The molecule has 1 saturated carbocycles. The molecular formula is C11H15NO2S2. The molecule has 0 saturated heterocycles. The van der Waals surface area contributed by atoms with Gasteiger partial charge in [0, 0.05) is 16.2 Å². The van der Waals surface area contributed by atoms with Crippen LogP contribution in [0.5, 0.6) is 0 Å². The van der Waals surface area contributed by atoms with E-state index in [9.17, 15) is 8.42 Å². The number of hydrogen-bond acceptors (Lipinski definition) is 3. The van der Waals surface area contributed by atoms with E-state index in [1.165, 1.54) is 11.2 Å². The van der Waals surface area contributed by atoms with Gasteiger partial charge in [-0.2, -0.15) is 0 Å². The highest BCUT2D eigenvalue weighted by atomic mass is 32.2. The summed E-state index contributed by atoms with van der Waals surface area (Å²) in [5.74, 6) is 0. The summed E-state index contributed by atoms with van der Waals surface area (Å²) in [6.45, 7) is 0.533. The van der Waals surface area contributed by atoms with Gasteiger partial charge < -0.3 is 0 Å². The molecule has 1 fully saturated rings. The fourth-order valence-electron chi connectivity index (χ4n) is 1.46. The minimum absolute atomic E-state index is 0.0877. The SMILES string of the molecule is CS(=O)(=O)NCC1(Sc2ccccc2)CC1. The van der Waals surface area contributed by atoms with Gasteiger partial charge in [0.25, 0.3) is 0 Å². The summed E-state index contributed by atoms with van der Waals surface area (Å²) in [4.78, 5) is 1.20. The molecule has 3 nitrogen and oxygen atoms in total. The quantitative estimate of drug-likeness (QED) is 0.876. The summed E-state index contributed by atoms with van der Waals surface area (Å²) in [5.41, 5.74) is 0. The minimum atomic E-state index is -3.07. The van der Waals surface area contributed by atoms with Gasteiger partial charge in [-0.15, -0.1) is 11.8 Å². The third-order valence-corrected chi connectivity index (χ3v) is 4.70. The first kappa shape index (κ1) is 12.0. The van der Waals surface area contributed by atoms with Gasteiger partial charge in [-0.25, -0.2) is 13.1 Å². The van der Waals surface area contributed by atoms with E-state index < -0.39 is 10.0 Å². The zero-order valence-corrected chi connectivity index (χ0v) is 10.8. The van der Waals surface area contributed by atoms with Crippen molar-refractivity contribution < 1.29 is 8.42 Å². The van der Waals surface area contributed by atoms with Crippen molar-refractivity contribution in [2.45, 2.75) is 22.5 Å². The van der Waals surface area contributed by atoms with Crippen LogP contribution in [0.1, 0.15) is 12.8 Å². The maximum absolute atomic E-state index is 11.0. The van der Waals surface area contributed by atoms with E-state index in [0.717, 1.165) is 12.8 Å². The van der Waals surface area contributed by atoms with E-state index in [1.54, 1.807) is 11.8 Å². The van der Waals surface area contributed by atoms with Crippen molar-refractivity contribution in [3.8, 4) is 0 Å². The second kappa shape index (κ2) is 4.39. The van der Waals surface area contributed by atoms with Gasteiger partial charge in [0.2, 0.25) is 10.0 Å². The Labute approximate surface area is 101 Å². The lowest BCUT2D eigenvalue weighted by atomic mass is 10.4. The largest absolute Gasteiger partial charge is 0.214 e. The Morgan fingerprint density at radius 2 is 1.94 bits per heavy atom. The first-order valence-corrected chi connectivity index (χ1v) is 7.89. The molecule has 5 heteroatoms. The van der Waals surface area contributed by atoms with Crippen LogP contribution >= 0.6 is 11.8 Å². The monoisotopic (exact) mass is 257 g/mol. The Morgan fingerprint density at radius 3 is 2.44 bits per heavy atom. The molecule has 0 bridgehead atoms. The Kier molecular flexibility index (Phi) is 3.28. The average molecular weight is 257 g/mol. The van der Waals surface area contributed by atoms with E-state index in [0.29, 0.717) is 6.54 Å². The van der Waals surface area contributed by atoms with Crippen molar-refractivity contribution in [1.82, 2.24) is 4.72 Å². The maximum atomic E-state index is 11.0. The average Bonchev–Trinajstić information content (AvgIpc) is 2.96. The standard InChI is InChI=1S/C11H15NO2S2/c1-16(13,14)12-9-11(7-8-11)15-10-5-3-2-4-6-10/h2-6,12H,7-9H2,1H3. The maximum Gasteiger partial charge on any atom is 0.208 e. The fraction of sp³-hybridized carbons (Fsp3) is 0.455. The lowest BCUT2D eigenvalue weighted by Gasteiger charge is -2.14. The lowest BCUT2D eigenvalue weighted by Crippen LogP contribution is -2.30. The van der Waals surface area contributed by atoms with Crippen LogP contribution in [0.3, 0.4) is 0 Å². The second-order valence-corrected chi connectivity index (χ2v) is 7.57. The van der Waals surface area contributed by atoms with Crippen molar-refractivity contribution in [3.05, 3.63) is 30.3 Å². The van der Waals surface area contributed by atoms with Crippen molar-refractivity contribution in [2.24, 2.45) is 0 Å². The first-order chi connectivity index (χ1) is 7.49. The molecule has 0 unspecified atom stereocenters.